The van der Waals surface area contributed by atoms with Crippen LogP contribution in [0, 0.1) is 5.92 Å². The fraction of sp³-hybridized carbons (Fsp3) is 0.923. The number of carbonyl (C=O) groups is 1. The van der Waals surface area contributed by atoms with Gasteiger partial charge in [0.2, 0.25) is 0 Å². The highest BCUT2D eigenvalue weighted by molar-refractivity contribution is 5.71. The standard InChI is InChI=1S/C13H24N2O4/c1-3-15-4-5-19-10(7-15)6-14(2)12-9-18-8-11(12)13(16)17/h10-12H,3-9H2,1-2H3,(H,16,17). The summed E-state index contributed by atoms with van der Waals surface area (Å²) < 4.78 is 11.1. The number of hydrogen-bond acceptors (Lipinski definition) is 5. The van der Waals surface area contributed by atoms with E-state index < -0.39 is 11.9 Å². The smallest absolute Gasteiger partial charge is 0.310 e. The van der Waals surface area contributed by atoms with Crippen molar-refractivity contribution >= 4 is 5.97 Å². The zero-order chi connectivity index (χ0) is 13.8. The van der Waals surface area contributed by atoms with Crippen molar-refractivity contribution in [3.05, 3.63) is 0 Å². The SMILES string of the molecule is CCN1CCOC(CN(C)C2COCC2C(=O)O)C1. The molecule has 0 spiro atoms. The van der Waals surface area contributed by atoms with Gasteiger partial charge in [0.25, 0.3) is 0 Å². The Labute approximate surface area is 114 Å². The molecular formula is C13H24N2O4. The summed E-state index contributed by atoms with van der Waals surface area (Å²) in [5.41, 5.74) is 0. The minimum Gasteiger partial charge on any atom is -0.481 e. The van der Waals surface area contributed by atoms with Crippen molar-refractivity contribution in [2.75, 3.05) is 53.0 Å². The highest BCUT2D eigenvalue weighted by Crippen LogP contribution is 2.20. The lowest BCUT2D eigenvalue weighted by atomic mass is 10.0. The van der Waals surface area contributed by atoms with Gasteiger partial charge in [-0.2, -0.15) is 0 Å². The second kappa shape index (κ2) is 6.65. The van der Waals surface area contributed by atoms with Gasteiger partial charge in [0.05, 0.1) is 31.8 Å². The largest absolute Gasteiger partial charge is 0.481 e. The van der Waals surface area contributed by atoms with Crippen LogP contribution in [0.25, 0.3) is 0 Å². The van der Waals surface area contributed by atoms with Gasteiger partial charge in [0.15, 0.2) is 0 Å². The summed E-state index contributed by atoms with van der Waals surface area (Å²) in [6.07, 6.45) is 0.161. The van der Waals surface area contributed by atoms with Crippen LogP contribution >= 0.6 is 0 Å². The van der Waals surface area contributed by atoms with E-state index in [1.54, 1.807) is 0 Å². The van der Waals surface area contributed by atoms with Crippen LogP contribution in [0.4, 0.5) is 0 Å². The third kappa shape index (κ3) is 3.66. The number of carboxylic acids is 1. The van der Waals surface area contributed by atoms with Crippen molar-refractivity contribution in [1.82, 2.24) is 9.80 Å². The maximum Gasteiger partial charge on any atom is 0.310 e. The molecule has 0 bridgehead atoms. The molecule has 6 heteroatoms. The fourth-order valence-corrected chi connectivity index (χ4v) is 2.85. The van der Waals surface area contributed by atoms with Crippen LogP contribution in [0.15, 0.2) is 0 Å². The lowest BCUT2D eigenvalue weighted by Gasteiger charge is -2.36. The lowest BCUT2D eigenvalue weighted by molar-refractivity contribution is -0.143. The van der Waals surface area contributed by atoms with Crippen LogP contribution in [-0.2, 0) is 14.3 Å². The molecule has 3 unspecified atom stereocenters. The highest BCUT2D eigenvalue weighted by Gasteiger charge is 2.37. The molecule has 19 heavy (non-hydrogen) atoms. The van der Waals surface area contributed by atoms with E-state index in [1.807, 2.05) is 7.05 Å². The molecule has 0 aromatic heterocycles. The van der Waals surface area contributed by atoms with Crippen LogP contribution in [0.3, 0.4) is 0 Å². The summed E-state index contributed by atoms with van der Waals surface area (Å²) in [7, 11) is 1.96. The molecule has 0 aromatic carbocycles. The van der Waals surface area contributed by atoms with Gasteiger partial charge in [-0.05, 0) is 13.6 Å². The van der Waals surface area contributed by atoms with E-state index in [4.69, 9.17) is 9.47 Å². The van der Waals surface area contributed by atoms with Gasteiger partial charge in [-0.25, -0.2) is 0 Å². The molecule has 2 heterocycles. The van der Waals surface area contributed by atoms with Gasteiger partial charge in [-0.15, -0.1) is 0 Å². The van der Waals surface area contributed by atoms with Crippen LogP contribution in [0.5, 0.6) is 0 Å². The number of aliphatic carboxylic acids is 1. The number of morpholine rings is 1. The highest BCUT2D eigenvalue weighted by atomic mass is 16.5. The number of hydrogen-bond donors (Lipinski definition) is 1. The zero-order valence-corrected chi connectivity index (χ0v) is 11.7. The maximum absolute atomic E-state index is 11.2. The fourth-order valence-electron chi connectivity index (χ4n) is 2.85. The van der Waals surface area contributed by atoms with Crippen LogP contribution in [-0.4, -0.2) is 86.1 Å². The Morgan fingerprint density at radius 3 is 2.95 bits per heavy atom. The molecule has 2 aliphatic rings. The Bertz CT molecular complexity index is 313. The number of nitrogens with zero attached hydrogens (tertiary/aromatic N) is 2. The third-order valence-electron chi connectivity index (χ3n) is 4.10. The predicted octanol–water partition coefficient (Wildman–Crippen LogP) is -0.261. The van der Waals surface area contributed by atoms with E-state index in [0.29, 0.717) is 13.2 Å². The number of ether oxygens (including phenoxy) is 2. The van der Waals surface area contributed by atoms with Crippen molar-refractivity contribution in [3.8, 4) is 0 Å². The van der Waals surface area contributed by atoms with E-state index in [0.717, 1.165) is 32.8 Å². The molecule has 2 fully saturated rings. The van der Waals surface area contributed by atoms with Gasteiger partial charge >= 0.3 is 5.97 Å². The first-order chi connectivity index (χ1) is 9.11. The Morgan fingerprint density at radius 2 is 2.26 bits per heavy atom. The van der Waals surface area contributed by atoms with Gasteiger partial charge < -0.3 is 14.6 Å². The molecule has 0 aromatic rings. The second-order valence-electron chi connectivity index (χ2n) is 5.38. The van der Waals surface area contributed by atoms with Crippen molar-refractivity contribution in [1.29, 1.82) is 0 Å². The molecule has 0 amide bonds. The summed E-state index contributed by atoms with van der Waals surface area (Å²) in [6.45, 7) is 7.43. The summed E-state index contributed by atoms with van der Waals surface area (Å²) in [5.74, 6) is -1.19. The van der Waals surface area contributed by atoms with E-state index in [9.17, 15) is 9.90 Å². The molecule has 0 aliphatic carbocycles. The van der Waals surface area contributed by atoms with Gasteiger partial charge in [-0.3, -0.25) is 14.6 Å². The molecule has 3 atom stereocenters. The minimum atomic E-state index is -0.769. The number of carboxylic acid groups (broad SMARTS) is 1. The van der Waals surface area contributed by atoms with Gasteiger partial charge in [0, 0.05) is 25.7 Å². The van der Waals surface area contributed by atoms with Gasteiger partial charge in [-0.1, -0.05) is 6.92 Å². The zero-order valence-electron chi connectivity index (χ0n) is 11.7. The van der Waals surface area contributed by atoms with Crippen molar-refractivity contribution in [2.24, 2.45) is 5.92 Å². The molecule has 6 nitrogen and oxygen atoms in total. The molecule has 2 rings (SSSR count). The van der Waals surface area contributed by atoms with Crippen molar-refractivity contribution < 1.29 is 19.4 Å². The summed E-state index contributed by atoms with van der Waals surface area (Å²) in [6, 6.07) is -0.0434. The first-order valence-electron chi connectivity index (χ1n) is 6.96. The first-order valence-corrected chi connectivity index (χ1v) is 6.96. The minimum absolute atomic E-state index is 0.0434. The second-order valence-corrected chi connectivity index (χ2v) is 5.38. The van der Waals surface area contributed by atoms with Crippen LogP contribution in [0.2, 0.25) is 0 Å². The Balaban J connectivity index is 1.86. The van der Waals surface area contributed by atoms with Gasteiger partial charge in [0.1, 0.15) is 0 Å². The molecule has 2 aliphatic heterocycles. The first kappa shape index (κ1) is 14.7. The maximum atomic E-state index is 11.2. The Morgan fingerprint density at radius 1 is 1.47 bits per heavy atom. The summed E-state index contributed by atoms with van der Waals surface area (Å²) in [4.78, 5) is 15.6. The van der Waals surface area contributed by atoms with E-state index in [1.165, 1.54) is 0 Å². The predicted molar refractivity (Wildman–Crippen MR) is 70.2 cm³/mol. The summed E-state index contributed by atoms with van der Waals surface area (Å²) >= 11 is 0. The molecule has 110 valence electrons. The van der Waals surface area contributed by atoms with E-state index in [2.05, 4.69) is 16.7 Å². The number of likely N-dealkylation sites (N-methyl/N-ethyl adjacent to an activating group) is 2. The topological polar surface area (TPSA) is 62.2 Å². The summed E-state index contributed by atoms with van der Waals surface area (Å²) in [5, 5.41) is 9.17. The Kier molecular flexibility index (Phi) is 5.15. The average molecular weight is 272 g/mol. The van der Waals surface area contributed by atoms with E-state index >= 15 is 0 Å². The van der Waals surface area contributed by atoms with Crippen LogP contribution < -0.4 is 0 Å². The average Bonchev–Trinajstić information content (AvgIpc) is 2.88. The molecular weight excluding hydrogens is 248 g/mol. The molecule has 0 radical (unpaired) electrons. The quantitative estimate of drug-likeness (QED) is 0.744. The number of rotatable bonds is 5. The van der Waals surface area contributed by atoms with Crippen molar-refractivity contribution in [2.45, 2.75) is 19.1 Å². The third-order valence-corrected chi connectivity index (χ3v) is 4.10. The van der Waals surface area contributed by atoms with Crippen LogP contribution in [0.1, 0.15) is 6.92 Å². The van der Waals surface area contributed by atoms with E-state index in [-0.39, 0.29) is 12.1 Å². The lowest BCUT2D eigenvalue weighted by Crippen LogP contribution is -2.50. The normalized spacial score (nSPS) is 32.9. The van der Waals surface area contributed by atoms with Crippen molar-refractivity contribution in [3.63, 3.8) is 0 Å². The molecule has 2 saturated heterocycles. The molecule has 1 N–H and O–H groups in total. The monoisotopic (exact) mass is 272 g/mol. The molecule has 0 saturated carbocycles. The Hall–Kier alpha value is -0.690.